The number of hydrogen-bond donors (Lipinski definition) is 2. The second kappa shape index (κ2) is 9.99. The Labute approximate surface area is 176 Å². The molecule has 0 radical (unpaired) electrons. The smallest absolute Gasteiger partial charge is 0.253 e. The van der Waals surface area contributed by atoms with Crippen molar-refractivity contribution >= 4 is 23.6 Å². The van der Waals surface area contributed by atoms with E-state index in [0.29, 0.717) is 26.1 Å². The van der Waals surface area contributed by atoms with Crippen molar-refractivity contribution in [2.75, 3.05) is 19.7 Å². The topological polar surface area (TPSA) is 114 Å². The Kier molecular flexibility index (Phi) is 7.91. The van der Waals surface area contributed by atoms with Crippen molar-refractivity contribution in [3.63, 3.8) is 0 Å². The molecule has 0 aromatic rings. The molecule has 0 spiro atoms. The average Bonchev–Trinajstić information content (AvgIpc) is 2.98. The SMILES string of the molecule is CC1(C)OCC(C)(C)[C@H](C(=O)N/C=C\C(=O)NCCCCCN2C(=O)C=CC2=O)O1. The molecule has 166 valence electrons. The molecule has 0 unspecified atom stereocenters. The molecule has 2 N–H and O–H groups in total. The summed E-state index contributed by atoms with van der Waals surface area (Å²) in [7, 11) is 0. The molecule has 0 saturated carbocycles. The lowest BCUT2D eigenvalue weighted by Crippen LogP contribution is -2.55. The maximum absolute atomic E-state index is 12.4. The van der Waals surface area contributed by atoms with Gasteiger partial charge in [-0.1, -0.05) is 13.8 Å². The van der Waals surface area contributed by atoms with Gasteiger partial charge in [0.15, 0.2) is 5.79 Å². The van der Waals surface area contributed by atoms with Crippen LogP contribution in [0.15, 0.2) is 24.4 Å². The fraction of sp³-hybridized carbons (Fsp3) is 0.619. The minimum absolute atomic E-state index is 0.279. The lowest BCUT2D eigenvalue weighted by Gasteiger charge is -2.44. The van der Waals surface area contributed by atoms with Crippen LogP contribution in [0.5, 0.6) is 0 Å². The quantitative estimate of drug-likeness (QED) is 0.326. The van der Waals surface area contributed by atoms with Gasteiger partial charge >= 0.3 is 0 Å². The summed E-state index contributed by atoms with van der Waals surface area (Å²) >= 11 is 0. The van der Waals surface area contributed by atoms with E-state index in [0.717, 1.165) is 12.8 Å². The summed E-state index contributed by atoms with van der Waals surface area (Å²) < 4.78 is 11.3. The molecule has 0 aromatic heterocycles. The predicted molar refractivity (Wildman–Crippen MR) is 109 cm³/mol. The molecule has 1 fully saturated rings. The summed E-state index contributed by atoms with van der Waals surface area (Å²) in [5, 5.41) is 5.31. The van der Waals surface area contributed by atoms with Gasteiger partial charge in [-0.05, 0) is 33.1 Å². The molecule has 30 heavy (non-hydrogen) atoms. The molecule has 0 bridgehead atoms. The number of rotatable bonds is 9. The van der Waals surface area contributed by atoms with Gasteiger partial charge in [-0.2, -0.15) is 0 Å². The van der Waals surface area contributed by atoms with E-state index < -0.39 is 17.3 Å². The lowest BCUT2D eigenvalue weighted by molar-refractivity contribution is -0.303. The average molecular weight is 421 g/mol. The van der Waals surface area contributed by atoms with Crippen LogP contribution in [0.25, 0.3) is 0 Å². The minimum atomic E-state index is -0.843. The van der Waals surface area contributed by atoms with E-state index in [2.05, 4.69) is 10.6 Å². The van der Waals surface area contributed by atoms with Crippen LogP contribution in [0, 0.1) is 5.41 Å². The molecule has 2 aliphatic rings. The normalized spacial score (nSPS) is 22.5. The molecule has 1 atom stereocenters. The monoisotopic (exact) mass is 421 g/mol. The largest absolute Gasteiger partial charge is 0.353 e. The van der Waals surface area contributed by atoms with Crippen LogP contribution < -0.4 is 10.6 Å². The second-order valence-electron chi connectivity index (χ2n) is 8.53. The summed E-state index contributed by atoms with van der Waals surface area (Å²) in [6.07, 6.45) is 6.56. The zero-order valence-electron chi connectivity index (χ0n) is 18.0. The van der Waals surface area contributed by atoms with Gasteiger partial charge in [0.05, 0.1) is 6.61 Å². The molecule has 9 nitrogen and oxygen atoms in total. The van der Waals surface area contributed by atoms with Crippen LogP contribution in [0.1, 0.15) is 47.0 Å². The van der Waals surface area contributed by atoms with Gasteiger partial charge in [0.2, 0.25) is 5.91 Å². The lowest BCUT2D eigenvalue weighted by atomic mass is 9.85. The summed E-state index contributed by atoms with van der Waals surface area (Å²) in [4.78, 5) is 48.3. The van der Waals surface area contributed by atoms with Gasteiger partial charge in [-0.25, -0.2) is 0 Å². The number of hydrogen-bond acceptors (Lipinski definition) is 6. The van der Waals surface area contributed by atoms with Crippen molar-refractivity contribution in [3.8, 4) is 0 Å². The Balaban J connectivity index is 1.62. The number of amides is 4. The molecular weight excluding hydrogens is 390 g/mol. The van der Waals surface area contributed by atoms with Crippen LogP contribution >= 0.6 is 0 Å². The summed E-state index contributed by atoms with van der Waals surface area (Å²) in [5.74, 6) is -2.06. The highest BCUT2D eigenvalue weighted by atomic mass is 16.7. The van der Waals surface area contributed by atoms with E-state index in [1.807, 2.05) is 13.8 Å². The number of unbranched alkanes of at least 4 members (excludes halogenated alkanes) is 2. The Hall–Kier alpha value is -2.52. The molecule has 2 rings (SSSR count). The fourth-order valence-electron chi connectivity index (χ4n) is 3.09. The first-order valence-corrected chi connectivity index (χ1v) is 10.1. The fourth-order valence-corrected chi connectivity index (χ4v) is 3.09. The van der Waals surface area contributed by atoms with Crippen molar-refractivity contribution in [2.24, 2.45) is 5.41 Å². The van der Waals surface area contributed by atoms with Crippen molar-refractivity contribution in [1.82, 2.24) is 15.5 Å². The third kappa shape index (κ3) is 6.77. The van der Waals surface area contributed by atoms with Crippen molar-refractivity contribution in [3.05, 3.63) is 24.4 Å². The second-order valence-corrected chi connectivity index (χ2v) is 8.53. The highest BCUT2D eigenvalue weighted by molar-refractivity contribution is 6.12. The maximum Gasteiger partial charge on any atom is 0.253 e. The molecule has 9 heteroatoms. The van der Waals surface area contributed by atoms with Gasteiger partial charge in [-0.15, -0.1) is 0 Å². The first kappa shape index (κ1) is 23.8. The third-order valence-corrected chi connectivity index (χ3v) is 4.86. The number of ether oxygens (including phenoxy) is 2. The summed E-state index contributed by atoms with van der Waals surface area (Å²) in [6.45, 7) is 8.50. The van der Waals surface area contributed by atoms with Crippen molar-refractivity contribution < 1.29 is 28.7 Å². The van der Waals surface area contributed by atoms with Crippen LogP contribution in [-0.4, -0.2) is 60.1 Å². The molecule has 0 aliphatic carbocycles. The van der Waals surface area contributed by atoms with Gasteiger partial charge in [0.1, 0.15) is 6.10 Å². The van der Waals surface area contributed by atoms with Crippen LogP contribution in [-0.2, 0) is 28.7 Å². The van der Waals surface area contributed by atoms with E-state index >= 15 is 0 Å². The molecule has 2 aliphatic heterocycles. The zero-order valence-corrected chi connectivity index (χ0v) is 18.0. The van der Waals surface area contributed by atoms with E-state index in [1.54, 1.807) is 13.8 Å². The third-order valence-electron chi connectivity index (χ3n) is 4.86. The summed E-state index contributed by atoms with van der Waals surface area (Å²) in [5.41, 5.74) is -0.490. The highest BCUT2D eigenvalue weighted by Gasteiger charge is 2.45. The van der Waals surface area contributed by atoms with Gasteiger partial charge in [-0.3, -0.25) is 24.1 Å². The Morgan fingerprint density at radius 3 is 2.47 bits per heavy atom. The van der Waals surface area contributed by atoms with E-state index in [-0.39, 0.29) is 23.6 Å². The van der Waals surface area contributed by atoms with Crippen LogP contribution in [0.2, 0.25) is 0 Å². The number of nitrogens with one attached hydrogen (secondary N) is 2. The predicted octanol–water partition coefficient (Wildman–Crippen LogP) is 1.01. The van der Waals surface area contributed by atoms with E-state index in [1.165, 1.54) is 29.3 Å². The van der Waals surface area contributed by atoms with Gasteiger partial charge < -0.3 is 20.1 Å². The first-order valence-electron chi connectivity index (χ1n) is 10.1. The van der Waals surface area contributed by atoms with E-state index in [4.69, 9.17) is 9.47 Å². The number of imide groups is 1. The Bertz CT molecular complexity index is 723. The zero-order chi connectivity index (χ0) is 22.4. The minimum Gasteiger partial charge on any atom is -0.353 e. The van der Waals surface area contributed by atoms with Gasteiger partial charge in [0, 0.05) is 42.9 Å². The molecule has 2 heterocycles. The first-order chi connectivity index (χ1) is 14.0. The molecular formula is C21H31N3O6. The van der Waals surface area contributed by atoms with Crippen LogP contribution in [0.3, 0.4) is 0 Å². The van der Waals surface area contributed by atoms with Crippen LogP contribution in [0.4, 0.5) is 0 Å². The standard InChI is InChI=1S/C21H31N3O6/c1-20(2)14-29-21(3,4)30-18(20)19(28)23-12-10-15(25)22-11-6-5-7-13-24-16(26)8-9-17(24)27/h8-10,12,18H,5-7,11,13-14H2,1-4H3,(H,22,25)(H,23,28)/b12-10-/t18-/m0/s1. The van der Waals surface area contributed by atoms with Crippen molar-refractivity contribution in [2.45, 2.75) is 58.8 Å². The highest BCUT2D eigenvalue weighted by Crippen LogP contribution is 2.34. The molecule has 0 aromatic carbocycles. The van der Waals surface area contributed by atoms with E-state index in [9.17, 15) is 19.2 Å². The Morgan fingerprint density at radius 1 is 1.13 bits per heavy atom. The maximum atomic E-state index is 12.4. The molecule has 4 amide bonds. The Morgan fingerprint density at radius 2 is 1.80 bits per heavy atom. The number of carbonyl (C=O) groups excluding carboxylic acids is 4. The van der Waals surface area contributed by atoms with Crippen molar-refractivity contribution in [1.29, 1.82) is 0 Å². The number of nitrogens with zero attached hydrogens (tertiary/aromatic N) is 1. The molecule has 1 saturated heterocycles. The summed E-state index contributed by atoms with van der Waals surface area (Å²) in [6, 6.07) is 0. The van der Waals surface area contributed by atoms with Gasteiger partial charge in [0.25, 0.3) is 17.7 Å². The number of carbonyl (C=O) groups is 4.